The van der Waals surface area contributed by atoms with Crippen molar-refractivity contribution in [3.63, 3.8) is 0 Å². The molecule has 180 valence electrons. The van der Waals surface area contributed by atoms with Crippen molar-refractivity contribution in [1.29, 1.82) is 0 Å². The Bertz CT molecular complexity index is 533. The molecule has 0 atom stereocenters. The summed E-state index contributed by atoms with van der Waals surface area (Å²) < 4.78 is 0. The summed E-state index contributed by atoms with van der Waals surface area (Å²) in [5, 5.41) is 10.7. The molecular formula is C30H54O. The van der Waals surface area contributed by atoms with E-state index in [0.29, 0.717) is 5.75 Å². The van der Waals surface area contributed by atoms with E-state index in [1.165, 1.54) is 139 Å². The van der Waals surface area contributed by atoms with E-state index in [9.17, 15) is 5.11 Å². The fourth-order valence-electron chi connectivity index (χ4n) is 4.81. The summed E-state index contributed by atoms with van der Waals surface area (Å²) in [7, 11) is 0. The van der Waals surface area contributed by atoms with E-state index >= 15 is 0 Å². The Hall–Kier alpha value is -0.980. The fourth-order valence-corrected chi connectivity index (χ4v) is 4.81. The molecular weight excluding hydrogens is 376 g/mol. The summed E-state index contributed by atoms with van der Waals surface area (Å²) >= 11 is 0. The second-order valence-electron chi connectivity index (χ2n) is 9.75. The van der Waals surface area contributed by atoms with Crippen molar-refractivity contribution < 1.29 is 5.11 Å². The van der Waals surface area contributed by atoms with Gasteiger partial charge in [0, 0.05) is 0 Å². The number of unbranched alkanes of at least 4 members (excludes halogenated alkanes) is 15. The van der Waals surface area contributed by atoms with Gasteiger partial charge in [0.2, 0.25) is 0 Å². The van der Waals surface area contributed by atoms with Crippen molar-refractivity contribution in [2.75, 3.05) is 0 Å². The third kappa shape index (κ3) is 13.2. The predicted octanol–water partition coefficient (Wildman–Crippen LogP) is 10.1. The lowest BCUT2D eigenvalue weighted by Gasteiger charge is -2.17. The number of hydrogen-bond acceptors (Lipinski definition) is 1. The van der Waals surface area contributed by atoms with Crippen LogP contribution in [0.3, 0.4) is 0 Å². The molecule has 0 saturated heterocycles. The number of rotatable bonds is 21. The summed E-state index contributed by atoms with van der Waals surface area (Å²) in [4.78, 5) is 0. The zero-order valence-corrected chi connectivity index (χ0v) is 21.5. The van der Waals surface area contributed by atoms with E-state index in [0.717, 1.165) is 12.8 Å². The molecule has 1 heteroatoms. The first-order chi connectivity index (χ1) is 15.2. The van der Waals surface area contributed by atoms with Crippen LogP contribution in [-0.4, -0.2) is 5.11 Å². The zero-order valence-electron chi connectivity index (χ0n) is 21.5. The number of benzene rings is 1. The maximum absolute atomic E-state index is 10.7. The van der Waals surface area contributed by atoms with Crippen LogP contribution in [0.4, 0.5) is 0 Å². The number of hydrogen-bond donors (Lipinski definition) is 1. The molecule has 0 saturated carbocycles. The minimum Gasteiger partial charge on any atom is -0.508 e. The highest BCUT2D eigenvalue weighted by atomic mass is 16.3. The molecule has 1 aromatic carbocycles. The predicted molar refractivity (Wildman–Crippen MR) is 139 cm³/mol. The molecule has 1 nitrogen and oxygen atoms in total. The van der Waals surface area contributed by atoms with E-state index in [1.807, 2.05) is 6.07 Å². The average Bonchev–Trinajstić information content (AvgIpc) is 2.77. The molecule has 0 spiro atoms. The maximum atomic E-state index is 10.7. The molecule has 1 aromatic rings. The number of aromatic hydroxyl groups is 1. The first-order valence-corrected chi connectivity index (χ1v) is 14.1. The highest BCUT2D eigenvalue weighted by molar-refractivity contribution is 5.45. The zero-order chi connectivity index (χ0) is 22.6. The molecule has 0 bridgehead atoms. The van der Waals surface area contributed by atoms with Gasteiger partial charge in [0.1, 0.15) is 5.75 Å². The van der Waals surface area contributed by atoms with Crippen molar-refractivity contribution in [2.24, 2.45) is 0 Å². The van der Waals surface area contributed by atoms with Gasteiger partial charge in [0.05, 0.1) is 0 Å². The minimum absolute atomic E-state index is 0.557. The van der Waals surface area contributed by atoms with Crippen LogP contribution in [-0.2, 0) is 19.3 Å². The molecule has 0 aliphatic carbocycles. The minimum atomic E-state index is 0.557. The van der Waals surface area contributed by atoms with Gasteiger partial charge < -0.3 is 5.11 Å². The van der Waals surface area contributed by atoms with Crippen LogP contribution in [0, 0.1) is 0 Å². The first kappa shape index (κ1) is 28.1. The van der Waals surface area contributed by atoms with Gasteiger partial charge in [-0.05, 0) is 61.3 Å². The monoisotopic (exact) mass is 430 g/mol. The van der Waals surface area contributed by atoms with Crippen molar-refractivity contribution in [3.8, 4) is 5.75 Å². The normalized spacial score (nSPS) is 11.3. The van der Waals surface area contributed by atoms with Crippen LogP contribution < -0.4 is 0 Å². The molecule has 0 aliphatic heterocycles. The first-order valence-electron chi connectivity index (χ1n) is 14.1. The Labute approximate surface area is 195 Å². The third-order valence-electron chi connectivity index (χ3n) is 6.86. The summed E-state index contributed by atoms with van der Waals surface area (Å²) in [5.41, 5.74) is 4.33. The molecule has 0 fully saturated rings. The molecule has 1 N–H and O–H groups in total. The molecule has 0 radical (unpaired) electrons. The van der Waals surface area contributed by atoms with Gasteiger partial charge in [-0.2, -0.15) is 0 Å². The van der Waals surface area contributed by atoms with E-state index in [1.54, 1.807) is 0 Å². The third-order valence-corrected chi connectivity index (χ3v) is 6.86. The molecule has 31 heavy (non-hydrogen) atoms. The van der Waals surface area contributed by atoms with Crippen LogP contribution >= 0.6 is 0 Å². The van der Waals surface area contributed by atoms with Gasteiger partial charge in [0.15, 0.2) is 0 Å². The quantitative estimate of drug-likeness (QED) is 0.192. The lowest BCUT2D eigenvalue weighted by Crippen LogP contribution is -2.03. The Kier molecular flexibility index (Phi) is 17.8. The number of aryl methyl sites for hydroxylation is 1. The average molecular weight is 431 g/mol. The molecule has 0 unspecified atom stereocenters. The standard InChI is InChI=1S/C30H54O/c1-4-7-10-13-16-19-22-27-25-26-30(31)29(24-21-18-15-12-9-6-3)28(27)23-20-17-14-11-8-5-2/h25-26,31H,4-24H2,1-3H3. The Balaban J connectivity index is 2.67. The highest BCUT2D eigenvalue weighted by Crippen LogP contribution is 2.30. The maximum Gasteiger partial charge on any atom is 0.119 e. The molecule has 0 aliphatic rings. The number of phenols is 1. The Morgan fingerprint density at radius 1 is 0.452 bits per heavy atom. The van der Waals surface area contributed by atoms with Crippen molar-refractivity contribution in [1.82, 2.24) is 0 Å². The molecule has 0 heterocycles. The summed E-state index contributed by atoms with van der Waals surface area (Å²) in [6.07, 6.45) is 27.5. The number of phenolic OH excluding ortho intramolecular Hbond substituents is 1. The van der Waals surface area contributed by atoms with Gasteiger partial charge in [-0.25, -0.2) is 0 Å². The Morgan fingerprint density at radius 2 is 0.839 bits per heavy atom. The van der Waals surface area contributed by atoms with Crippen LogP contribution in [0.2, 0.25) is 0 Å². The topological polar surface area (TPSA) is 20.2 Å². The lowest BCUT2D eigenvalue weighted by molar-refractivity contribution is 0.463. The molecule has 0 amide bonds. The summed E-state index contributed by atoms with van der Waals surface area (Å²) in [5.74, 6) is 0.557. The van der Waals surface area contributed by atoms with E-state index in [2.05, 4.69) is 26.8 Å². The van der Waals surface area contributed by atoms with Gasteiger partial charge in [-0.15, -0.1) is 0 Å². The largest absolute Gasteiger partial charge is 0.508 e. The van der Waals surface area contributed by atoms with Crippen molar-refractivity contribution in [3.05, 3.63) is 28.8 Å². The second-order valence-corrected chi connectivity index (χ2v) is 9.75. The van der Waals surface area contributed by atoms with E-state index in [4.69, 9.17) is 0 Å². The van der Waals surface area contributed by atoms with E-state index in [-0.39, 0.29) is 0 Å². The lowest BCUT2D eigenvalue weighted by atomic mass is 9.89. The Morgan fingerprint density at radius 3 is 1.32 bits per heavy atom. The van der Waals surface area contributed by atoms with Crippen molar-refractivity contribution in [2.45, 2.75) is 156 Å². The fraction of sp³-hybridized carbons (Fsp3) is 0.800. The van der Waals surface area contributed by atoms with Gasteiger partial charge >= 0.3 is 0 Å². The summed E-state index contributed by atoms with van der Waals surface area (Å²) in [6.45, 7) is 6.86. The highest BCUT2D eigenvalue weighted by Gasteiger charge is 2.13. The van der Waals surface area contributed by atoms with Crippen LogP contribution in [0.15, 0.2) is 12.1 Å². The molecule has 1 rings (SSSR count). The van der Waals surface area contributed by atoms with Crippen LogP contribution in [0.25, 0.3) is 0 Å². The molecule has 0 aromatic heterocycles. The van der Waals surface area contributed by atoms with Crippen LogP contribution in [0.5, 0.6) is 5.75 Å². The van der Waals surface area contributed by atoms with Gasteiger partial charge in [0.25, 0.3) is 0 Å². The van der Waals surface area contributed by atoms with Gasteiger partial charge in [-0.3, -0.25) is 0 Å². The van der Waals surface area contributed by atoms with Gasteiger partial charge in [-0.1, -0.05) is 123 Å². The summed E-state index contributed by atoms with van der Waals surface area (Å²) in [6, 6.07) is 4.22. The smallest absolute Gasteiger partial charge is 0.119 e. The van der Waals surface area contributed by atoms with Crippen LogP contribution in [0.1, 0.15) is 153 Å². The second kappa shape index (κ2) is 19.7. The van der Waals surface area contributed by atoms with E-state index < -0.39 is 0 Å². The SMILES string of the molecule is CCCCCCCCc1ccc(O)c(CCCCCCCC)c1CCCCCCCC. The van der Waals surface area contributed by atoms with Crippen molar-refractivity contribution >= 4 is 0 Å².